The number of phenolic OH excluding ortho intramolecular Hbond substituents is 1. The summed E-state index contributed by atoms with van der Waals surface area (Å²) in [6, 6.07) is 5.89. The van der Waals surface area contributed by atoms with E-state index in [-0.39, 0.29) is 24.9 Å². The van der Waals surface area contributed by atoms with Gasteiger partial charge in [0.05, 0.1) is 30.8 Å². The van der Waals surface area contributed by atoms with Gasteiger partial charge in [-0.15, -0.1) is 5.10 Å². The minimum absolute atomic E-state index is 0.0240. The van der Waals surface area contributed by atoms with Gasteiger partial charge in [-0.3, -0.25) is 9.59 Å². The summed E-state index contributed by atoms with van der Waals surface area (Å²) in [7, 11) is -1.41. The number of nitrogens with zero attached hydrogens (tertiary/aromatic N) is 3. The average molecular weight is 566 g/mol. The number of aromatic hydroxyl groups is 1. The molecule has 0 radical (unpaired) electrons. The summed E-state index contributed by atoms with van der Waals surface area (Å²) in [6.07, 6.45) is 1.07. The number of carbonyl (C=O) groups is 2. The zero-order chi connectivity index (χ0) is 26.7. The molecule has 1 fully saturated rings. The van der Waals surface area contributed by atoms with Crippen LogP contribution in [0.25, 0.3) is 0 Å². The Kier molecular flexibility index (Phi) is 8.55. The summed E-state index contributed by atoms with van der Waals surface area (Å²) in [4.78, 5) is 32.5. The lowest BCUT2D eigenvalue weighted by molar-refractivity contribution is -0.163. The van der Waals surface area contributed by atoms with E-state index in [0.29, 0.717) is 35.2 Å². The summed E-state index contributed by atoms with van der Waals surface area (Å²) in [5, 5.41) is 18.6. The highest BCUT2D eigenvalue weighted by atomic mass is 35.5. The van der Waals surface area contributed by atoms with E-state index in [9.17, 15) is 14.7 Å². The molecule has 0 aliphatic heterocycles. The summed E-state index contributed by atoms with van der Waals surface area (Å²) in [5.41, 5.74) is 2.72. The minimum Gasteiger partial charge on any atom is -0.508 e. The molecule has 5 rings (SSSR count). The molecule has 0 amide bonds. The zero-order valence-electron chi connectivity index (χ0n) is 21.4. The van der Waals surface area contributed by atoms with Gasteiger partial charge in [-0.2, -0.15) is 0 Å². The van der Waals surface area contributed by atoms with Crippen LogP contribution in [0.5, 0.6) is 5.75 Å². The Morgan fingerprint density at radius 2 is 1.89 bits per heavy atom. The molecule has 1 saturated carbocycles. The fourth-order valence-corrected chi connectivity index (χ4v) is 6.31. The van der Waals surface area contributed by atoms with E-state index in [1.165, 1.54) is 0 Å². The van der Waals surface area contributed by atoms with Crippen molar-refractivity contribution in [2.45, 2.75) is 63.9 Å². The van der Waals surface area contributed by atoms with Crippen LogP contribution in [-0.4, -0.2) is 53.6 Å². The fourth-order valence-electron chi connectivity index (χ4n) is 4.99. The first-order valence-corrected chi connectivity index (χ1v) is 17.3. The third-order valence-electron chi connectivity index (χ3n) is 6.75. The van der Waals surface area contributed by atoms with Gasteiger partial charge in [-0.05, 0) is 42.1 Å². The first kappa shape index (κ1) is 27.5. The Balaban J connectivity index is 1.68. The lowest BCUT2D eigenvalue weighted by Gasteiger charge is -2.47. The van der Waals surface area contributed by atoms with Gasteiger partial charge in [0.25, 0.3) is 0 Å². The van der Waals surface area contributed by atoms with Crippen LogP contribution >= 0.6 is 23.1 Å². The molecule has 0 spiro atoms. The van der Waals surface area contributed by atoms with Gasteiger partial charge in [-0.25, -0.2) is 0 Å². The molecule has 1 heterocycles. The number of hydrogen-bond donors (Lipinski definition) is 1. The van der Waals surface area contributed by atoms with E-state index >= 15 is 0 Å². The maximum absolute atomic E-state index is 13.5. The minimum atomic E-state index is -1.41. The third kappa shape index (κ3) is 6.15. The standard InChI is InChI=1S/C25H32ClN3O6SSi/c1-5-8-33-25(32)22-20-16-11-14(30)6-7-15(16)17(21(22)24(31)34-9-10-37(2,3)4)12-18(20)28-35-13-19-23(26)36-29-27-19/h6-7,11,17,20-22,30H,5,8-10,12-13H2,1-4H3/b28-18+/t17?,20-,21-,22-/m1/s1. The van der Waals surface area contributed by atoms with Crippen LogP contribution in [0.4, 0.5) is 0 Å². The summed E-state index contributed by atoms with van der Waals surface area (Å²) < 4.78 is 15.5. The number of ether oxygens (including phenoxy) is 2. The SMILES string of the molecule is CCCOC(=O)[C@H]1[C@H](C(=O)OCC[Si](C)(C)C)C2C/C(=N\OCc3nnsc3Cl)[C@H]1c1cc(O)ccc12. The van der Waals surface area contributed by atoms with Crippen LogP contribution in [0.15, 0.2) is 23.4 Å². The number of phenols is 1. The van der Waals surface area contributed by atoms with E-state index in [1.807, 2.05) is 13.0 Å². The highest BCUT2D eigenvalue weighted by Gasteiger charge is 2.57. The number of esters is 2. The Hall–Kier alpha value is -2.50. The smallest absolute Gasteiger partial charge is 0.310 e. The molecule has 2 aromatic rings. The molecule has 9 nitrogen and oxygen atoms in total. The Labute approximate surface area is 226 Å². The van der Waals surface area contributed by atoms with Gasteiger partial charge in [0.1, 0.15) is 15.8 Å². The molecule has 3 aliphatic rings. The van der Waals surface area contributed by atoms with Crippen molar-refractivity contribution in [3.8, 4) is 5.75 Å². The molecule has 1 aromatic carbocycles. The number of aromatic nitrogens is 2. The van der Waals surface area contributed by atoms with Gasteiger partial charge < -0.3 is 19.4 Å². The van der Waals surface area contributed by atoms with E-state index in [4.69, 9.17) is 25.9 Å². The second kappa shape index (κ2) is 11.5. The Morgan fingerprint density at radius 1 is 1.16 bits per heavy atom. The first-order valence-electron chi connectivity index (χ1n) is 12.4. The molecule has 200 valence electrons. The maximum Gasteiger partial charge on any atom is 0.310 e. The van der Waals surface area contributed by atoms with Crippen molar-refractivity contribution in [1.29, 1.82) is 0 Å². The number of halogens is 1. The van der Waals surface area contributed by atoms with Crippen molar-refractivity contribution in [2.24, 2.45) is 17.0 Å². The highest BCUT2D eigenvalue weighted by Crippen LogP contribution is 2.56. The van der Waals surface area contributed by atoms with E-state index in [0.717, 1.165) is 28.7 Å². The molecule has 1 aromatic heterocycles. The number of hydrogen-bond acceptors (Lipinski definition) is 10. The molecular formula is C25H32ClN3O6SSi. The second-order valence-corrected chi connectivity index (χ2v) is 17.6. The molecule has 2 bridgehead atoms. The lowest BCUT2D eigenvalue weighted by atomic mass is 9.55. The van der Waals surface area contributed by atoms with Gasteiger partial charge in [0, 0.05) is 31.4 Å². The number of benzene rings is 1. The predicted molar refractivity (Wildman–Crippen MR) is 143 cm³/mol. The molecule has 1 N–H and O–H groups in total. The van der Waals surface area contributed by atoms with Gasteiger partial charge in [-0.1, -0.05) is 53.9 Å². The quantitative estimate of drug-likeness (QED) is 0.239. The van der Waals surface area contributed by atoms with E-state index in [2.05, 4.69) is 34.4 Å². The van der Waals surface area contributed by atoms with Crippen LogP contribution in [0.1, 0.15) is 48.4 Å². The number of rotatable bonds is 10. The molecule has 3 aliphatic carbocycles. The van der Waals surface area contributed by atoms with Crippen molar-refractivity contribution < 1.29 is 29.0 Å². The summed E-state index contributed by atoms with van der Waals surface area (Å²) in [6.45, 7) is 9.16. The maximum atomic E-state index is 13.5. The van der Waals surface area contributed by atoms with Crippen molar-refractivity contribution in [2.75, 3.05) is 13.2 Å². The fraction of sp³-hybridized carbons (Fsp3) is 0.560. The van der Waals surface area contributed by atoms with E-state index in [1.54, 1.807) is 12.1 Å². The normalized spacial score (nSPS) is 23.5. The predicted octanol–water partition coefficient (Wildman–Crippen LogP) is 5.12. The first-order chi connectivity index (χ1) is 17.6. The van der Waals surface area contributed by atoms with Crippen molar-refractivity contribution in [3.05, 3.63) is 39.4 Å². The van der Waals surface area contributed by atoms with Crippen LogP contribution in [0.2, 0.25) is 30.0 Å². The van der Waals surface area contributed by atoms with Gasteiger partial charge in [0.15, 0.2) is 6.61 Å². The Morgan fingerprint density at radius 3 is 2.57 bits per heavy atom. The van der Waals surface area contributed by atoms with Crippen LogP contribution in [0.3, 0.4) is 0 Å². The van der Waals surface area contributed by atoms with Gasteiger partial charge in [0.2, 0.25) is 0 Å². The second-order valence-electron chi connectivity index (χ2n) is 10.6. The summed E-state index contributed by atoms with van der Waals surface area (Å²) >= 11 is 7.13. The van der Waals surface area contributed by atoms with Gasteiger partial charge >= 0.3 is 11.9 Å². The van der Waals surface area contributed by atoms with Crippen molar-refractivity contribution in [3.63, 3.8) is 0 Å². The highest BCUT2D eigenvalue weighted by molar-refractivity contribution is 7.10. The molecule has 37 heavy (non-hydrogen) atoms. The van der Waals surface area contributed by atoms with Crippen LogP contribution in [-0.2, 0) is 30.5 Å². The molecule has 0 saturated heterocycles. The summed E-state index contributed by atoms with van der Waals surface area (Å²) in [5.74, 6) is -3.33. The number of carbonyl (C=O) groups excluding carboxylic acids is 2. The molecular weight excluding hydrogens is 534 g/mol. The average Bonchev–Trinajstić information content (AvgIpc) is 3.25. The molecule has 12 heteroatoms. The van der Waals surface area contributed by atoms with Crippen LogP contribution < -0.4 is 0 Å². The van der Waals surface area contributed by atoms with Crippen molar-refractivity contribution >= 4 is 48.9 Å². The zero-order valence-corrected chi connectivity index (χ0v) is 24.0. The molecule has 1 unspecified atom stereocenters. The molecule has 4 atom stereocenters. The third-order valence-corrected chi connectivity index (χ3v) is 9.44. The largest absolute Gasteiger partial charge is 0.508 e. The van der Waals surface area contributed by atoms with Crippen molar-refractivity contribution in [1.82, 2.24) is 9.59 Å². The number of oxime groups is 1. The van der Waals surface area contributed by atoms with Crippen LogP contribution in [0, 0.1) is 11.8 Å². The number of fused-ring (bicyclic) bond motifs is 2. The van der Waals surface area contributed by atoms with E-state index < -0.39 is 37.8 Å². The monoisotopic (exact) mass is 565 g/mol. The lowest BCUT2D eigenvalue weighted by Crippen LogP contribution is -2.51. The Bertz CT molecular complexity index is 1180. The topological polar surface area (TPSA) is 120 Å².